The highest BCUT2D eigenvalue weighted by atomic mass is 19.1. The van der Waals surface area contributed by atoms with E-state index in [1.54, 1.807) is 13.8 Å². The Bertz CT molecular complexity index is 497. The molecule has 1 saturated heterocycles. The summed E-state index contributed by atoms with van der Waals surface area (Å²) in [5.41, 5.74) is -1.13. The van der Waals surface area contributed by atoms with E-state index in [0.717, 1.165) is 18.2 Å². The number of carbonyl (C=O) groups excluding carboxylic acids is 1. The minimum absolute atomic E-state index is 0.0481. The van der Waals surface area contributed by atoms with E-state index in [1.807, 2.05) is 0 Å². The number of hydrogen-bond donors (Lipinski definition) is 1. The first-order valence-corrected chi connectivity index (χ1v) is 6.25. The van der Waals surface area contributed by atoms with Gasteiger partial charge in [0.05, 0.1) is 11.2 Å². The Morgan fingerprint density at radius 1 is 1.42 bits per heavy atom. The Balaban J connectivity index is 2.16. The van der Waals surface area contributed by atoms with Crippen molar-refractivity contribution in [2.75, 3.05) is 13.1 Å². The van der Waals surface area contributed by atoms with Gasteiger partial charge in [0, 0.05) is 19.0 Å². The third-order valence-electron chi connectivity index (χ3n) is 3.63. The highest BCUT2D eigenvalue weighted by Crippen LogP contribution is 2.28. The van der Waals surface area contributed by atoms with Gasteiger partial charge in [0.15, 0.2) is 0 Å². The molecule has 1 aromatic rings. The van der Waals surface area contributed by atoms with Gasteiger partial charge in [0.2, 0.25) is 0 Å². The molecule has 0 aromatic heterocycles. The molecule has 3 nitrogen and oxygen atoms in total. The summed E-state index contributed by atoms with van der Waals surface area (Å²) in [5, 5.41) is 9.91. The lowest BCUT2D eigenvalue weighted by molar-refractivity contribution is 0.0211. The van der Waals surface area contributed by atoms with E-state index < -0.39 is 23.1 Å². The summed E-state index contributed by atoms with van der Waals surface area (Å²) in [6.07, 6.45) is 0.659. The average Bonchev–Trinajstić information content (AvgIpc) is 2.80. The minimum atomic E-state index is -0.879. The van der Waals surface area contributed by atoms with Crippen LogP contribution in [0.1, 0.15) is 30.6 Å². The second-order valence-corrected chi connectivity index (χ2v) is 5.51. The Morgan fingerprint density at radius 2 is 2.11 bits per heavy atom. The first-order valence-electron chi connectivity index (χ1n) is 6.25. The fraction of sp³-hybridized carbons (Fsp3) is 0.500. The molecule has 0 saturated carbocycles. The molecule has 1 aromatic carbocycles. The monoisotopic (exact) mass is 269 g/mol. The largest absolute Gasteiger partial charge is 0.390 e. The number of hydrogen-bond acceptors (Lipinski definition) is 2. The summed E-state index contributed by atoms with van der Waals surface area (Å²) < 4.78 is 26.6. The topological polar surface area (TPSA) is 40.5 Å². The molecule has 1 aliphatic rings. The highest BCUT2D eigenvalue weighted by molar-refractivity contribution is 5.94. The maximum absolute atomic E-state index is 13.5. The Kier molecular flexibility index (Phi) is 3.58. The maximum Gasteiger partial charge on any atom is 0.256 e. The van der Waals surface area contributed by atoms with Gasteiger partial charge in [-0.05, 0) is 38.5 Å². The average molecular weight is 269 g/mol. The standard InChI is InChI=1S/C14H17F2NO2/c1-14(2,19)9-5-6-17(8-9)13(18)11-7-10(15)3-4-12(11)16/h3-4,7,9,19H,5-6,8H2,1-2H3. The lowest BCUT2D eigenvalue weighted by atomic mass is 9.90. The molecule has 1 aliphatic heterocycles. The van der Waals surface area contributed by atoms with Crippen LogP contribution >= 0.6 is 0 Å². The van der Waals surface area contributed by atoms with Crippen LogP contribution in [0.3, 0.4) is 0 Å². The van der Waals surface area contributed by atoms with Crippen LogP contribution in [0.2, 0.25) is 0 Å². The van der Waals surface area contributed by atoms with Gasteiger partial charge >= 0.3 is 0 Å². The molecular weight excluding hydrogens is 252 g/mol. The van der Waals surface area contributed by atoms with E-state index in [2.05, 4.69) is 0 Å². The van der Waals surface area contributed by atoms with Gasteiger partial charge in [0.1, 0.15) is 11.6 Å². The molecule has 0 radical (unpaired) electrons. The van der Waals surface area contributed by atoms with E-state index in [4.69, 9.17) is 0 Å². The molecule has 0 bridgehead atoms. The van der Waals surface area contributed by atoms with Crippen molar-refractivity contribution in [3.8, 4) is 0 Å². The Labute approximate surface area is 110 Å². The zero-order valence-corrected chi connectivity index (χ0v) is 11.0. The van der Waals surface area contributed by atoms with E-state index in [1.165, 1.54) is 4.90 Å². The van der Waals surface area contributed by atoms with Crippen molar-refractivity contribution in [3.63, 3.8) is 0 Å². The molecular formula is C14H17F2NO2. The number of rotatable bonds is 2. The number of carbonyl (C=O) groups is 1. The molecule has 0 aliphatic carbocycles. The van der Waals surface area contributed by atoms with Gasteiger partial charge < -0.3 is 10.0 Å². The number of halogens is 2. The maximum atomic E-state index is 13.5. The second kappa shape index (κ2) is 4.89. The van der Waals surface area contributed by atoms with Crippen molar-refractivity contribution in [3.05, 3.63) is 35.4 Å². The SMILES string of the molecule is CC(C)(O)C1CCN(C(=O)c2cc(F)ccc2F)C1. The quantitative estimate of drug-likeness (QED) is 0.894. The summed E-state index contributed by atoms with van der Waals surface area (Å²) in [5.74, 6) is -1.93. The lowest BCUT2D eigenvalue weighted by Crippen LogP contribution is -2.35. The van der Waals surface area contributed by atoms with Crippen molar-refractivity contribution in [2.24, 2.45) is 5.92 Å². The van der Waals surface area contributed by atoms with Crippen molar-refractivity contribution >= 4 is 5.91 Å². The summed E-state index contributed by atoms with van der Waals surface area (Å²) in [6.45, 7) is 4.19. The van der Waals surface area contributed by atoms with Crippen LogP contribution in [0, 0.1) is 17.6 Å². The first kappa shape index (κ1) is 13.9. The zero-order valence-electron chi connectivity index (χ0n) is 11.0. The zero-order chi connectivity index (χ0) is 14.2. The van der Waals surface area contributed by atoms with Gasteiger partial charge in [-0.3, -0.25) is 4.79 Å². The van der Waals surface area contributed by atoms with Gasteiger partial charge in [-0.1, -0.05) is 0 Å². The number of amides is 1. The van der Waals surface area contributed by atoms with Crippen molar-refractivity contribution in [2.45, 2.75) is 25.9 Å². The molecule has 1 heterocycles. The number of nitrogens with zero attached hydrogens (tertiary/aromatic N) is 1. The van der Waals surface area contributed by atoms with Crippen molar-refractivity contribution < 1.29 is 18.7 Å². The van der Waals surface area contributed by atoms with Crippen LogP contribution in [-0.4, -0.2) is 34.6 Å². The van der Waals surface area contributed by atoms with Gasteiger partial charge in [0.25, 0.3) is 5.91 Å². The van der Waals surface area contributed by atoms with Crippen LogP contribution in [0.25, 0.3) is 0 Å². The van der Waals surface area contributed by atoms with E-state index in [9.17, 15) is 18.7 Å². The summed E-state index contributed by atoms with van der Waals surface area (Å²) in [4.78, 5) is 13.6. The normalized spacial score (nSPS) is 19.8. The Hall–Kier alpha value is -1.49. The van der Waals surface area contributed by atoms with Crippen LogP contribution in [0.15, 0.2) is 18.2 Å². The predicted molar refractivity (Wildman–Crippen MR) is 66.7 cm³/mol. The van der Waals surface area contributed by atoms with E-state index >= 15 is 0 Å². The van der Waals surface area contributed by atoms with E-state index in [-0.39, 0.29) is 11.5 Å². The fourth-order valence-corrected chi connectivity index (χ4v) is 2.35. The smallest absolute Gasteiger partial charge is 0.256 e. The van der Waals surface area contributed by atoms with Crippen molar-refractivity contribution in [1.29, 1.82) is 0 Å². The Morgan fingerprint density at radius 3 is 2.68 bits per heavy atom. The van der Waals surface area contributed by atoms with Crippen LogP contribution < -0.4 is 0 Å². The third kappa shape index (κ3) is 2.92. The number of likely N-dealkylation sites (tertiary alicyclic amines) is 1. The third-order valence-corrected chi connectivity index (χ3v) is 3.63. The molecule has 1 atom stereocenters. The van der Waals surface area contributed by atoms with Gasteiger partial charge in [-0.15, -0.1) is 0 Å². The molecule has 1 fully saturated rings. The molecule has 1 N–H and O–H groups in total. The summed E-state index contributed by atoms with van der Waals surface area (Å²) in [7, 11) is 0. The van der Waals surface area contributed by atoms with Crippen LogP contribution in [0.5, 0.6) is 0 Å². The first-order chi connectivity index (χ1) is 8.79. The fourth-order valence-electron chi connectivity index (χ4n) is 2.35. The molecule has 1 amide bonds. The summed E-state index contributed by atoms with van der Waals surface area (Å²) in [6, 6.07) is 2.84. The number of benzene rings is 1. The van der Waals surface area contributed by atoms with Crippen molar-refractivity contribution in [1.82, 2.24) is 4.90 Å². The number of aliphatic hydroxyl groups is 1. The molecule has 104 valence electrons. The molecule has 2 rings (SSSR count). The lowest BCUT2D eigenvalue weighted by Gasteiger charge is -2.25. The van der Waals surface area contributed by atoms with E-state index in [0.29, 0.717) is 19.5 Å². The summed E-state index contributed by atoms with van der Waals surface area (Å²) >= 11 is 0. The molecule has 0 spiro atoms. The molecule has 5 heteroatoms. The molecule has 19 heavy (non-hydrogen) atoms. The van der Waals surface area contributed by atoms with Gasteiger partial charge in [-0.2, -0.15) is 0 Å². The second-order valence-electron chi connectivity index (χ2n) is 5.51. The molecule has 1 unspecified atom stereocenters. The van der Waals surface area contributed by atoms with Crippen LogP contribution in [0.4, 0.5) is 8.78 Å². The highest BCUT2D eigenvalue weighted by Gasteiger charge is 2.36. The van der Waals surface area contributed by atoms with Crippen LogP contribution in [-0.2, 0) is 0 Å². The minimum Gasteiger partial charge on any atom is -0.390 e. The van der Waals surface area contributed by atoms with Gasteiger partial charge in [-0.25, -0.2) is 8.78 Å². The predicted octanol–water partition coefficient (Wildman–Crippen LogP) is 2.20.